The van der Waals surface area contributed by atoms with E-state index in [9.17, 15) is 4.79 Å². The van der Waals surface area contributed by atoms with Crippen LogP contribution in [0.15, 0.2) is 0 Å². The summed E-state index contributed by atoms with van der Waals surface area (Å²) < 4.78 is 6.69. The number of rotatable bonds is 7. The third-order valence-corrected chi connectivity index (χ3v) is 12.0. The topological polar surface area (TPSA) is 26.3 Å². The summed E-state index contributed by atoms with van der Waals surface area (Å²) in [7, 11) is -1.80. The molecule has 0 heterocycles. The van der Waals surface area contributed by atoms with Gasteiger partial charge in [0.05, 0.1) is 0 Å². The van der Waals surface area contributed by atoms with Gasteiger partial charge in [0.15, 0.2) is 8.32 Å². The Labute approximate surface area is 139 Å². The summed E-state index contributed by atoms with van der Waals surface area (Å²) in [4.78, 5) is 12.3. The van der Waals surface area contributed by atoms with Gasteiger partial charge in [0.1, 0.15) is 5.78 Å². The Balaban J connectivity index is 2.74. The van der Waals surface area contributed by atoms with Crippen molar-refractivity contribution in [2.45, 2.75) is 91.3 Å². The minimum atomic E-state index is -1.80. The number of hydrogen-bond acceptors (Lipinski definition) is 2. The molecule has 1 rings (SSSR count). The molecule has 1 aliphatic carbocycles. The molecule has 1 saturated carbocycles. The fourth-order valence-electron chi connectivity index (χ4n) is 4.72. The van der Waals surface area contributed by atoms with Crippen molar-refractivity contribution in [2.24, 2.45) is 17.8 Å². The van der Waals surface area contributed by atoms with Gasteiger partial charge in [-0.1, -0.05) is 55.4 Å². The lowest BCUT2D eigenvalue weighted by molar-refractivity contribution is -0.128. The van der Waals surface area contributed by atoms with Gasteiger partial charge in [0.25, 0.3) is 0 Å². The van der Waals surface area contributed by atoms with E-state index in [4.69, 9.17) is 4.43 Å². The average Bonchev–Trinajstić information content (AvgIpc) is 2.37. The molecule has 3 heteroatoms. The summed E-state index contributed by atoms with van der Waals surface area (Å²) in [5.74, 6) is 1.64. The second-order valence-corrected chi connectivity index (χ2v) is 14.0. The first-order valence-electron chi connectivity index (χ1n) is 9.29. The van der Waals surface area contributed by atoms with Gasteiger partial charge in [-0.2, -0.15) is 0 Å². The monoisotopic (exact) mass is 326 g/mol. The molecule has 0 saturated heterocycles. The zero-order chi connectivity index (χ0) is 17.1. The van der Waals surface area contributed by atoms with Gasteiger partial charge in [-0.15, -0.1) is 0 Å². The number of carbonyl (C=O) groups excluding carboxylic acids is 1. The molecule has 0 aromatic heterocycles. The van der Waals surface area contributed by atoms with Crippen LogP contribution in [0, 0.1) is 17.8 Å². The van der Waals surface area contributed by atoms with Gasteiger partial charge in [-0.3, -0.25) is 4.79 Å². The van der Waals surface area contributed by atoms with E-state index in [-0.39, 0.29) is 5.92 Å². The van der Waals surface area contributed by atoms with Crippen LogP contribution in [0.25, 0.3) is 0 Å². The van der Waals surface area contributed by atoms with Gasteiger partial charge < -0.3 is 4.43 Å². The van der Waals surface area contributed by atoms with Crippen LogP contribution in [-0.4, -0.2) is 20.7 Å². The third kappa shape index (κ3) is 4.23. The van der Waals surface area contributed by atoms with Crippen molar-refractivity contribution < 1.29 is 9.22 Å². The Morgan fingerprint density at radius 3 is 1.91 bits per heavy atom. The highest BCUT2D eigenvalue weighted by atomic mass is 28.4. The van der Waals surface area contributed by atoms with Crippen LogP contribution in [0.1, 0.15) is 74.7 Å². The van der Waals surface area contributed by atoms with Crippen molar-refractivity contribution in [1.82, 2.24) is 0 Å². The van der Waals surface area contributed by atoms with Gasteiger partial charge in [0.2, 0.25) is 0 Å². The Hall–Kier alpha value is -0.153. The molecule has 1 fully saturated rings. The van der Waals surface area contributed by atoms with Crippen LogP contribution in [0.2, 0.25) is 16.6 Å². The molecule has 0 N–H and O–H groups in total. The van der Waals surface area contributed by atoms with E-state index in [0.717, 1.165) is 19.4 Å². The second kappa shape index (κ2) is 8.10. The highest BCUT2D eigenvalue weighted by Crippen LogP contribution is 2.43. The largest absolute Gasteiger partial charge is 0.416 e. The van der Waals surface area contributed by atoms with Crippen LogP contribution in [-0.2, 0) is 9.22 Å². The number of ketones is 1. The van der Waals surface area contributed by atoms with Gasteiger partial charge in [0, 0.05) is 18.9 Å². The van der Waals surface area contributed by atoms with Crippen molar-refractivity contribution in [2.75, 3.05) is 6.61 Å². The number of carbonyl (C=O) groups is 1. The maximum Gasteiger partial charge on any atom is 0.200 e. The molecule has 0 aliphatic heterocycles. The van der Waals surface area contributed by atoms with Crippen LogP contribution in [0.5, 0.6) is 0 Å². The zero-order valence-electron chi connectivity index (χ0n) is 16.1. The normalized spacial score (nSPS) is 25.3. The third-order valence-electron chi connectivity index (χ3n) is 5.92. The van der Waals surface area contributed by atoms with Crippen LogP contribution < -0.4 is 0 Å². The molecular formula is C19H38O2Si. The maximum atomic E-state index is 12.3. The van der Waals surface area contributed by atoms with Gasteiger partial charge in [-0.25, -0.2) is 0 Å². The van der Waals surface area contributed by atoms with E-state index >= 15 is 0 Å². The molecule has 3 atom stereocenters. The predicted molar refractivity (Wildman–Crippen MR) is 97.7 cm³/mol. The van der Waals surface area contributed by atoms with E-state index in [2.05, 4.69) is 55.4 Å². The summed E-state index contributed by atoms with van der Waals surface area (Å²) in [6, 6.07) is 0. The summed E-state index contributed by atoms with van der Waals surface area (Å²) in [5, 5.41) is 0. The highest BCUT2D eigenvalue weighted by molar-refractivity contribution is 6.77. The van der Waals surface area contributed by atoms with Crippen LogP contribution >= 0.6 is 0 Å². The second-order valence-electron chi connectivity index (χ2n) is 8.57. The van der Waals surface area contributed by atoms with Gasteiger partial charge >= 0.3 is 0 Å². The maximum absolute atomic E-state index is 12.3. The first kappa shape index (κ1) is 19.9. The highest BCUT2D eigenvalue weighted by Gasteiger charge is 2.45. The standard InChI is InChI=1S/C19H38O2Si/c1-13(2)22(14(3)4,15(5)6)21-12-17(8)18-10-9-16(7)11-19(18)20/h13-18H,9-12H2,1-8H3/t16-,17+,18+/m1/s1. The lowest BCUT2D eigenvalue weighted by atomic mass is 9.76. The predicted octanol–water partition coefficient (Wildman–Crippen LogP) is 5.82. The summed E-state index contributed by atoms with van der Waals surface area (Å²) >= 11 is 0. The smallest absolute Gasteiger partial charge is 0.200 e. The van der Waals surface area contributed by atoms with Gasteiger partial charge in [-0.05, 0) is 41.3 Å². The zero-order valence-corrected chi connectivity index (χ0v) is 17.1. The Morgan fingerprint density at radius 1 is 1.00 bits per heavy atom. The van der Waals surface area contributed by atoms with Crippen molar-refractivity contribution >= 4 is 14.1 Å². The first-order chi connectivity index (χ1) is 10.1. The van der Waals surface area contributed by atoms with E-state index < -0.39 is 8.32 Å². The van der Waals surface area contributed by atoms with E-state index in [1.165, 1.54) is 6.42 Å². The molecule has 0 amide bonds. The number of hydrogen-bond donors (Lipinski definition) is 0. The molecular weight excluding hydrogens is 288 g/mol. The Bertz CT molecular complexity index is 341. The van der Waals surface area contributed by atoms with Crippen molar-refractivity contribution in [1.29, 1.82) is 0 Å². The quantitative estimate of drug-likeness (QED) is 0.551. The minimum absolute atomic E-state index is 0.231. The lowest BCUT2D eigenvalue weighted by Crippen LogP contribution is -2.49. The van der Waals surface area contributed by atoms with E-state index in [1.54, 1.807) is 0 Å². The molecule has 0 aromatic rings. The Morgan fingerprint density at radius 2 is 1.50 bits per heavy atom. The Kier molecular flexibility index (Phi) is 7.32. The van der Waals surface area contributed by atoms with Crippen molar-refractivity contribution in [3.05, 3.63) is 0 Å². The minimum Gasteiger partial charge on any atom is -0.416 e. The lowest BCUT2D eigenvalue weighted by Gasteiger charge is -2.43. The summed E-state index contributed by atoms with van der Waals surface area (Å²) in [5.41, 5.74) is 1.84. The fourth-order valence-corrected chi connectivity index (χ4v) is 10.3. The molecule has 0 unspecified atom stereocenters. The molecule has 0 spiro atoms. The van der Waals surface area contributed by atoms with Crippen molar-refractivity contribution in [3.63, 3.8) is 0 Å². The molecule has 0 bridgehead atoms. The van der Waals surface area contributed by atoms with E-state index in [1.807, 2.05) is 0 Å². The first-order valence-corrected chi connectivity index (χ1v) is 11.4. The molecule has 2 nitrogen and oxygen atoms in total. The van der Waals surface area contributed by atoms with Crippen LogP contribution in [0.3, 0.4) is 0 Å². The average molecular weight is 327 g/mol. The van der Waals surface area contributed by atoms with Crippen molar-refractivity contribution in [3.8, 4) is 0 Å². The molecule has 1 aliphatic rings. The molecule has 130 valence electrons. The molecule has 0 aromatic carbocycles. The van der Waals surface area contributed by atoms with Crippen LogP contribution in [0.4, 0.5) is 0 Å². The molecule has 22 heavy (non-hydrogen) atoms. The summed E-state index contributed by atoms with van der Waals surface area (Å²) in [6.45, 7) is 19.1. The van der Waals surface area contributed by atoms with E-state index in [0.29, 0.717) is 34.2 Å². The summed E-state index contributed by atoms with van der Waals surface area (Å²) in [6.07, 6.45) is 3.03. The molecule has 0 radical (unpaired) electrons. The SMILES string of the molecule is CC(C)[Si](OC[C@H](C)[C@@H]1CC[C@@H](C)CC1=O)(C(C)C)C(C)C. The number of Topliss-reactive ketones (excluding diaryl/α,β-unsaturated/α-hetero) is 1. The fraction of sp³-hybridized carbons (Fsp3) is 0.947.